The van der Waals surface area contributed by atoms with Crippen molar-refractivity contribution in [2.75, 3.05) is 13.2 Å². The highest BCUT2D eigenvalue weighted by molar-refractivity contribution is 5.71. The molecule has 0 fully saturated rings. The normalized spacial score (nSPS) is 13.2. The molecular formula is C69H110O6. The summed E-state index contributed by atoms with van der Waals surface area (Å²) in [5, 5.41) is 0. The standard InChI is InChI=1S/C69H110O6/c1-4-7-10-13-16-19-21-23-25-27-28-29-30-31-32-33-34-35-36-37-38-39-40-41-42-43-45-46-48-50-53-56-59-62-68(71)74-65-66(64-73-67(70)61-58-55-52-18-15-12-9-6-3)75-69(72)63-60-57-54-51-49-47-44-26-24-22-20-17-14-11-8-5-2/h7,10,16,19-20,22-23,25-26,28-29,31-32,34-35,37-38,40-41,43-45,48,50,66H,4-6,8-9,11-15,17-18,21,24,27,30,33,36,39,42,46-47,49,51-65H2,1-3H3/b10-7-,19-16-,22-20-,25-23-,29-28-,32-31-,35-34-,38-37-,41-40-,44-26-,45-43-,50-48-. The van der Waals surface area contributed by atoms with Crippen molar-refractivity contribution >= 4 is 17.9 Å². The van der Waals surface area contributed by atoms with E-state index in [9.17, 15) is 14.4 Å². The summed E-state index contributed by atoms with van der Waals surface area (Å²) in [5.41, 5.74) is 0. The molecule has 0 aromatic rings. The van der Waals surface area contributed by atoms with Gasteiger partial charge in [-0.05, 0) is 128 Å². The van der Waals surface area contributed by atoms with E-state index < -0.39 is 6.10 Å². The van der Waals surface area contributed by atoms with Gasteiger partial charge in [-0.15, -0.1) is 0 Å². The Hall–Kier alpha value is -4.71. The van der Waals surface area contributed by atoms with Crippen molar-refractivity contribution < 1.29 is 28.6 Å². The number of hydrogen-bond donors (Lipinski definition) is 0. The molecule has 0 radical (unpaired) electrons. The predicted molar refractivity (Wildman–Crippen MR) is 325 cm³/mol. The lowest BCUT2D eigenvalue weighted by Gasteiger charge is -2.18. The third-order valence-corrected chi connectivity index (χ3v) is 12.3. The van der Waals surface area contributed by atoms with Crippen LogP contribution in [0.4, 0.5) is 0 Å². The Morgan fingerprint density at radius 3 is 0.853 bits per heavy atom. The molecule has 6 nitrogen and oxygen atoms in total. The molecule has 1 atom stereocenters. The van der Waals surface area contributed by atoms with Crippen LogP contribution in [-0.2, 0) is 28.6 Å². The molecule has 0 aromatic carbocycles. The van der Waals surface area contributed by atoms with Gasteiger partial charge in [0.1, 0.15) is 13.2 Å². The summed E-state index contributed by atoms with van der Waals surface area (Å²) in [4.78, 5) is 38.0. The highest BCUT2D eigenvalue weighted by Crippen LogP contribution is 2.13. The fourth-order valence-electron chi connectivity index (χ4n) is 7.79. The first-order chi connectivity index (χ1) is 37.0. The van der Waals surface area contributed by atoms with E-state index in [-0.39, 0.29) is 31.1 Å². The number of hydrogen-bond acceptors (Lipinski definition) is 6. The van der Waals surface area contributed by atoms with Crippen molar-refractivity contribution in [2.45, 2.75) is 258 Å². The Kier molecular flexibility index (Phi) is 58.0. The molecule has 75 heavy (non-hydrogen) atoms. The Morgan fingerprint density at radius 2 is 0.520 bits per heavy atom. The molecule has 0 heterocycles. The van der Waals surface area contributed by atoms with Crippen LogP contribution in [0.1, 0.15) is 252 Å². The zero-order chi connectivity index (χ0) is 54.3. The van der Waals surface area contributed by atoms with Gasteiger partial charge in [-0.3, -0.25) is 14.4 Å². The average Bonchev–Trinajstić information content (AvgIpc) is 3.41. The summed E-state index contributed by atoms with van der Waals surface area (Å²) in [6.45, 7) is 6.42. The second-order valence-corrected chi connectivity index (χ2v) is 19.5. The van der Waals surface area contributed by atoms with Gasteiger partial charge in [0, 0.05) is 19.3 Å². The maximum Gasteiger partial charge on any atom is 0.306 e. The maximum atomic E-state index is 12.8. The lowest BCUT2D eigenvalue weighted by atomic mass is 10.1. The molecule has 0 amide bonds. The van der Waals surface area contributed by atoms with Gasteiger partial charge in [0.05, 0.1) is 0 Å². The van der Waals surface area contributed by atoms with Crippen molar-refractivity contribution in [1.82, 2.24) is 0 Å². The number of carbonyl (C=O) groups is 3. The van der Waals surface area contributed by atoms with Crippen LogP contribution in [0.25, 0.3) is 0 Å². The second-order valence-electron chi connectivity index (χ2n) is 19.5. The minimum atomic E-state index is -0.806. The van der Waals surface area contributed by atoms with Gasteiger partial charge in [-0.1, -0.05) is 250 Å². The van der Waals surface area contributed by atoms with Crippen LogP contribution < -0.4 is 0 Å². The monoisotopic (exact) mass is 1030 g/mol. The first-order valence-electron chi connectivity index (χ1n) is 30.3. The highest BCUT2D eigenvalue weighted by atomic mass is 16.6. The van der Waals surface area contributed by atoms with Crippen molar-refractivity contribution in [2.24, 2.45) is 0 Å². The van der Waals surface area contributed by atoms with Crippen LogP contribution in [0.5, 0.6) is 0 Å². The lowest BCUT2D eigenvalue weighted by Crippen LogP contribution is -2.30. The fourth-order valence-corrected chi connectivity index (χ4v) is 7.79. The largest absolute Gasteiger partial charge is 0.462 e. The van der Waals surface area contributed by atoms with E-state index in [1.807, 2.05) is 0 Å². The van der Waals surface area contributed by atoms with Gasteiger partial charge in [0.25, 0.3) is 0 Å². The molecule has 0 spiro atoms. The number of carbonyl (C=O) groups excluding carboxylic acids is 3. The Bertz CT molecular complexity index is 1660. The first-order valence-corrected chi connectivity index (χ1v) is 30.3. The quantitative estimate of drug-likeness (QED) is 0.0261. The number of ether oxygens (including phenoxy) is 3. The third-order valence-electron chi connectivity index (χ3n) is 12.3. The Labute approximate surface area is 461 Å². The van der Waals surface area contributed by atoms with Crippen molar-refractivity contribution in [3.63, 3.8) is 0 Å². The molecule has 0 rings (SSSR count). The minimum absolute atomic E-state index is 0.101. The summed E-state index contributed by atoms with van der Waals surface area (Å²) in [5.74, 6) is -0.970. The molecule has 0 aliphatic heterocycles. The van der Waals surface area contributed by atoms with E-state index in [1.165, 1.54) is 64.2 Å². The van der Waals surface area contributed by atoms with Crippen molar-refractivity contribution in [1.29, 1.82) is 0 Å². The number of esters is 3. The molecule has 0 aliphatic carbocycles. The van der Waals surface area contributed by atoms with Crippen LogP contribution in [-0.4, -0.2) is 37.2 Å². The van der Waals surface area contributed by atoms with E-state index in [0.29, 0.717) is 25.7 Å². The van der Waals surface area contributed by atoms with Crippen LogP contribution in [0, 0.1) is 0 Å². The van der Waals surface area contributed by atoms with Gasteiger partial charge in [0.2, 0.25) is 0 Å². The molecule has 0 bridgehead atoms. The molecule has 6 heteroatoms. The van der Waals surface area contributed by atoms with Crippen LogP contribution in [0.2, 0.25) is 0 Å². The molecule has 0 N–H and O–H groups in total. The summed E-state index contributed by atoms with van der Waals surface area (Å²) in [6, 6.07) is 0. The highest BCUT2D eigenvalue weighted by Gasteiger charge is 2.19. The molecule has 422 valence electrons. The SMILES string of the molecule is CC/C=C\C/C=C\C/C=C\C/C=C\C/C=C\C/C=C\C/C=C\C/C=C\C/C=C\C/C=C\CCCCC(=O)OCC(COC(=O)CCCCCCCCCC)OC(=O)CCCCCCC/C=C\C/C=C\CCCCCC. The van der Waals surface area contributed by atoms with E-state index in [1.54, 1.807) is 0 Å². The minimum Gasteiger partial charge on any atom is -0.462 e. The van der Waals surface area contributed by atoms with E-state index in [2.05, 4.69) is 167 Å². The Morgan fingerprint density at radius 1 is 0.280 bits per heavy atom. The van der Waals surface area contributed by atoms with E-state index >= 15 is 0 Å². The van der Waals surface area contributed by atoms with Crippen LogP contribution >= 0.6 is 0 Å². The number of rotatable bonds is 53. The predicted octanol–water partition coefficient (Wildman–Crippen LogP) is 20.8. The molecule has 1 unspecified atom stereocenters. The summed E-state index contributed by atoms with van der Waals surface area (Å²) in [6.07, 6.45) is 88.6. The molecule has 0 saturated carbocycles. The lowest BCUT2D eigenvalue weighted by molar-refractivity contribution is -0.167. The van der Waals surface area contributed by atoms with Gasteiger partial charge in [-0.2, -0.15) is 0 Å². The molecule has 0 aromatic heterocycles. The molecular weight excluding hydrogens is 925 g/mol. The average molecular weight is 1040 g/mol. The van der Waals surface area contributed by atoms with Gasteiger partial charge in [-0.25, -0.2) is 0 Å². The van der Waals surface area contributed by atoms with Crippen LogP contribution in [0.15, 0.2) is 146 Å². The van der Waals surface area contributed by atoms with Crippen LogP contribution in [0.3, 0.4) is 0 Å². The molecule has 0 saturated heterocycles. The van der Waals surface area contributed by atoms with Gasteiger partial charge >= 0.3 is 17.9 Å². The van der Waals surface area contributed by atoms with Gasteiger partial charge in [0.15, 0.2) is 6.10 Å². The van der Waals surface area contributed by atoms with E-state index in [0.717, 1.165) is 141 Å². The zero-order valence-corrected chi connectivity index (χ0v) is 48.3. The maximum absolute atomic E-state index is 12.8. The van der Waals surface area contributed by atoms with Gasteiger partial charge < -0.3 is 14.2 Å². The zero-order valence-electron chi connectivity index (χ0n) is 48.3. The van der Waals surface area contributed by atoms with Crippen molar-refractivity contribution in [3.05, 3.63) is 146 Å². The Balaban J connectivity index is 4.31. The second kappa shape index (κ2) is 61.8. The topological polar surface area (TPSA) is 78.9 Å². The third kappa shape index (κ3) is 60.0. The fraction of sp³-hybridized carbons (Fsp3) is 0.609. The number of unbranched alkanes of at least 4 members (excludes halogenated alkanes) is 18. The summed E-state index contributed by atoms with van der Waals surface area (Å²) < 4.78 is 16.8. The van der Waals surface area contributed by atoms with E-state index in [4.69, 9.17) is 14.2 Å². The summed E-state index contributed by atoms with van der Waals surface area (Å²) in [7, 11) is 0. The first kappa shape index (κ1) is 70.3. The summed E-state index contributed by atoms with van der Waals surface area (Å²) >= 11 is 0. The van der Waals surface area contributed by atoms with Crippen molar-refractivity contribution in [3.8, 4) is 0 Å². The number of allylic oxidation sites excluding steroid dienone is 24. The smallest absolute Gasteiger partial charge is 0.306 e. The molecule has 0 aliphatic rings.